The summed E-state index contributed by atoms with van der Waals surface area (Å²) in [6.45, 7) is 3.29. The largest absolute Gasteiger partial charge is 0.350 e. The van der Waals surface area contributed by atoms with Crippen molar-refractivity contribution in [1.29, 1.82) is 0 Å². The Hall–Kier alpha value is -2.91. The zero-order chi connectivity index (χ0) is 28.7. The van der Waals surface area contributed by atoms with E-state index in [0.717, 1.165) is 29.5 Å². The molecule has 7 nitrogen and oxygen atoms in total. The van der Waals surface area contributed by atoms with Gasteiger partial charge in [0.2, 0.25) is 21.8 Å². The van der Waals surface area contributed by atoms with Crippen LogP contribution in [0.2, 0.25) is 10.0 Å². The molecule has 1 N–H and O–H groups in total. The summed E-state index contributed by atoms with van der Waals surface area (Å²) in [6, 6.07) is 20.4. The van der Waals surface area contributed by atoms with Gasteiger partial charge in [-0.05, 0) is 73.2 Å². The Bertz CT molecular complexity index is 1420. The number of nitrogens with zero attached hydrogens (tertiary/aromatic N) is 2. The molecule has 1 unspecified atom stereocenters. The second-order valence-corrected chi connectivity index (χ2v) is 12.7. The predicted octanol–water partition coefficient (Wildman–Crippen LogP) is 5.44. The Balaban J connectivity index is 1.43. The van der Waals surface area contributed by atoms with Gasteiger partial charge in [0.05, 0.1) is 4.90 Å². The van der Waals surface area contributed by atoms with Crippen molar-refractivity contribution < 1.29 is 18.0 Å². The summed E-state index contributed by atoms with van der Waals surface area (Å²) in [7, 11) is -3.49. The smallest absolute Gasteiger partial charge is 0.243 e. The lowest BCUT2D eigenvalue weighted by Gasteiger charge is -2.29. The van der Waals surface area contributed by atoms with Gasteiger partial charge >= 0.3 is 0 Å². The van der Waals surface area contributed by atoms with Gasteiger partial charge in [-0.2, -0.15) is 4.31 Å². The Morgan fingerprint density at radius 2 is 1.55 bits per heavy atom. The van der Waals surface area contributed by atoms with Crippen molar-refractivity contribution in [3.05, 3.63) is 99.5 Å². The summed E-state index contributed by atoms with van der Waals surface area (Å²) < 4.78 is 27.1. The Morgan fingerprint density at radius 3 is 2.20 bits per heavy atom. The van der Waals surface area contributed by atoms with E-state index >= 15 is 0 Å². The van der Waals surface area contributed by atoms with E-state index in [0.29, 0.717) is 29.6 Å². The molecule has 0 spiro atoms. The van der Waals surface area contributed by atoms with E-state index in [1.807, 2.05) is 30.3 Å². The van der Waals surface area contributed by atoms with Crippen LogP contribution in [-0.4, -0.2) is 48.6 Å². The number of carbonyl (C=O) groups is 2. The van der Waals surface area contributed by atoms with E-state index < -0.39 is 16.1 Å². The highest BCUT2D eigenvalue weighted by Gasteiger charge is 2.28. The molecule has 0 saturated carbocycles. The summed E-state index contributed by atoms with van der Waals surface area (Å²) in [6.07, 6.45) is 2.33. The van der Waals surface area contributed by atoms with Crippen LogP contribution in [0.25, 0.3) is 0 Å². The quantitative estimate of drug-likeness (QED) is 0.317. The van der Waals surface area contributed by atoms with Crippen molar-refractivity contribution in [2.45, 2.75) is 56.6 Å². The fourth-order valence-electron chi connectivity index (χ4n) is 4.64. The number of hydrogen-bond acceptors (Lipinski definition) is 4. The lowest BCUT2D eigenvalue weighted by molar-refractivity contribution is -0.140. The maximum atomic E-state index is 13.5. The van der Waals surface area contributed by atoms with Gasteiger partial charge in [0, 0.05) is 42.6 Å². The average Bonchev–Trinajstić information content (AvgIpc) is 3.51. The number of nitrogens with one attached hydrogen (secondary N) is 1. The third kappa shape index (κ3) is 7.63. The molecule has 4 rings (SSSR count). The van der Waals surface area contributed by atoms with Crippen LogP contribution in [0.3, 0.4) is 0 Å². The molecule has 2 amide bonds. The van der Waals surface area contributed by atoms with Crippen molar-refractivity contribution >= 4 is 45.0 Å². The summed E-state index contributed by atoms with van der Waals surface area (Å²) in [4.78, 5) is 28.4. The Morgan fingerprint density at radius 1 is 0.925 bits per heavy atom. The third-order valence-electron chi connectivity index (χ3n) is 7.10. The molecule has 1 fully saturated rings. The molecule has 3 aromatic rings. The maximum absolute atomic E-state index is 13.5. The van der Waals surface area contributed by atoms with E-state index in [-0.39, 0.29) is 36.2 Å². The molecule has 212 valence electrons. The SMILES string of the molecule is CC(C(=O)NCc1ccccc1Cl)N(Cc1ccc(Cl)cc1)C(=O)CCc1ccc(S(=O)(=O)N2CCCC2)cc1. The number of hydrogen-bond donors (Lipinski definition) is 1. The molecule has 1 heterocycles. The molecule has 3 aromatic carbocycles. The summed E-state index contributed by atoms with van der Waals surface area (Å²) in [5.74, 6) is -0.484. The zero-order valence-corrected chi connectivity index (χ0v) is 24.7. The van der Waals surface area contributed by atoms with Crippen molar-refractivity contribution in [3.8, 4) is 0 Å². The minimum absolute atomic E-state index is 0.161. The molecule has 10 heteroatoms. The number of amides is 2. The normalized spacial score (nSPS) is 14.6. The molecule has 1 atom stereocenters. The molecule has 0 aromatic heterocycles. The first-order valence-electron chi connectivity index (χ1n) is 13.3. The van der Waals surface area contributed by atoms with E-state index in [2.05, 4.69) is 5.32 Å². The van der Waals surface area contributed by atoms with Crippen LogP contribution in [0.4, 0.5) is 0 Å². The van der Waals surface area contributed by atoms with Gasteiger partial charge < -0.3 is 10.2 Å². The van der Waals surface area contributed by atoms with E-state index in [1.165, 1.54) is 4.31 Å². The van der Waals surface area contributed by atoms with Crippen molar-refractivity contribution in [2.75, 3.05) is 13.1 Å². The molecule has 0 aliphatic carbocycles. The highest BCUT2D eigenvalue weighted by Crippen LogP contribution is 2.22. The molecule has 40 heavy (non-hydrogen) atoms. The van der Waals surface area contributed by atoms with Gasteiger partial charge in [-0.1, -0.05) is 65.7 Å². The van der Waals surface area contributed by atoms with E-state index in [4.69, 9.17) is 23.2 Å². The van der Waals surface area contributed by atoms with Gasteiger partial charge in [-0.3, -0.25) is 9.59 Å². The highest BCUT2D eigenvalue weighted by molar-refractivity contribution is 7.89. The van der Waals surface area contributed by atoms with Crippen LogP contribution in [-0.2, 0) is 39.1 Å². The van der Waals surface area contributed by atoms with Crippen LogP contribution in [0.5, 0.6) is 0 Å². The van der Waals surface area contributed by atoms with Crippen molar-refractivity contribution in [3.63, 3.8) is 0 Å². The summed E-state index contributed by atoms with van der Waals surface area (Å²) in [5.41, 5.74) is 2.48. The molecule has 1 saturated heterocycles. The van der Waals surface area contributed by atoms with Crippen LogP contribution < -0.4 is 5.32 Å². The molecule has 0 bridgehead atoms. The standard InChI is InChI=1S/C30H33Cl2N3O4S/c1-22(30(37)33-20-25-6-2-3-7-28(25)32)35(21-24-8-13-26(31)14-9-24)29(36)17-12-23-10-15-27(16-11-23)40(38,39)34-18-4-5-19-34/h2-3,6-11,13-16,22H,4-5,12,17-21H2,1H3,(H,33,37). The number of carbonyl (C=O) groups excluding carboxylic acids is 2. The van der Waals surface area contributed by atoms with Gasteiger partial charge in [0.25, 0.3) is 0 Å². The van der Waals surface area contributed by atoms with Crippen molar-refractivity contribution in [2.24, 2.45) is 0 Å². The second-order valence-electron chi connectivity index (χ2n) is 9.89. The first-order chi connectivity index (χ1) is 19.1. The highest BCUT2D eigenvalue weighted by atomic mass is 35.5. The van der Waals surface area contributed by atoms with Gasteiger partial charge in [0.1, 0.15) is 6.04 Å². The second kappa shape index (κ2) is 13.6. The molecular formula is C30H33Cl2N3O4S. The van der Waals surface area contributed by atoms with Gasteiger partial charge in [0.15, 0.2) is 0 Å². The molecule has 1 aliphatic heterocycles. The number of aryl methyl sites for hydroxylation is 1. The molecular weight excluding hydrogens is 569 g/mol. The van der Waals surface area contributed by atoms with Crippen LogP contribution >= 0.6 is 23.2 Å². The minimum Gasteiger partial charge on any atom is -0.350 e. The topological polar surface area (TPSA) is 86.8 Å². The van der Waals surface area contributed by atoms with Crippen LogP contribution in [0, 0.1) is 0 Å². The number of rotatable bonds is 11. The first-order valence-corrected chi connectivity index (χ1v) is 15.5. The fourth-order valence-corrected chi connectivity index (χ4v) is 6.49. The van der Waals surface area contributed by atoms with E-state index in [9.17, 15) is 18.0 Å². The average molecular weight is 603 g/mol. The van der Waals surface area contributed by atoms with Crippen molar-refractivity contribution in [1.82, 2.24) is 14.5 Å². The zero-order valence-electron chi connectivity index (χ0n) is 22.4. The Kier molecular flexibility index (Phi) is 10.2. The predicted molar refractivity (Wildman–Crippen MR) is 158 cm³/mol. The lowest BCUT2D eigenvalue weighted by Crippen LogP contribution is -2.47. The van der Waals surface area contributed by atoms with Gasteiger partial charge in [-0.25, -0.2) is 8.42 Å². The number of benzene rings is 3. The van der Waals surface area contributed by atoms with Crippen LogP contribution in [0.15, 0.2) is 77.7 Å². The van der Waals surface area contributed by atoms with E-state index in [1.54, 1.807) is 54.3 Å². The minimum atomic E-state index is -3.49. The fraction of sp³-hybridized carbons (Fsp3) is 0.333. The monoisotopic (exact) mass is 601 g/mol. The summed E-state index contributed by atoms with van der Waals surface area (Å²) >= 11 is 12.3. The number of halogens is 2. The molecule has 0 radical (unpaired) electrons. The van der Waals surface area contributed by atoms with Gasteiger partial charge in [-0.15, -0.1) is 0 Å². The first kappa shape index (κ1) is 30.1. The Labute approximate surface area is 246 Å². The summed E-state index contributed by atoms with van der Waals surface area (Å²) in [5, 5.41) is 4.03. The third-order valence-corrected chi connectivity index (χ3v) is 9.63. The number of sulfonamides is 1. The lowest BCUT2D eigenvalue weighted by atomic mass is 10.1. The molecule has 1 aliphatic rings. The maximum Gasteiger partial charge on any atom is 0.243 e. The van der Waals surface area contributed by atoms with Crippen LogP contribution in [0.1, 0.15) is 42.9 Å².